The van der Waals surface area contributed by atoms with Crippen molar-refractivity contribution in [2.75, 3.05) is 5.43 Å². The summed E-state index contributed by atoms with van der Waals surface area (Å²) in [4.78, 5) is 30.8. The smallest absolute Gasteiger partial charge is 0.329 e. The number of benzene rings is 2. The third kappa shape index (κ3) is 4.36. The number of fused-ring (bicyclic) bond motifs is 1. The van der Waals surface area contributed by atoms with Crippen LogP contribution >= 0.6 is 0 Å². The summed E-state index contributed by atoms with van der Waals surface area (Å²) >= 11 is 0. The van der Waals surface area contributed by atoms with Crippen molar-refractivity contribution in [3.8, 4) is 5.75 Å². The summed E-state index contributed by atoms with van der Waals surface area (Å²) in [5.74, 6) is 1.08. The largest absolute Gasteiger partial charge is 0.489 e. The van der Waals surface area contributed by atoms with Crippen molar-refractivity contribution in [3.05, 3.63) is 99.2 Å². The van der Waals surface area contributed by atoms with Crippen molar-refractivity contribution in [2.24, 2.45) is 12.1 Å². The van der Waals surface area contributed by atoms with Crippen LogP contribution in [-0.4, -0.2) is 25.3 Å². The minimum atomic E-state index is -0.532. The average molecular weight is 430 g/mol. The van der Waals surface area contributed by atoms with Gasteiger partial charge in [0.25, 0.3) is 5.56 Å². The van der Waals surface area contributed by atoms with E-state index < -0.39 is 11.2 Å². The number of hydrogen-bond acceptors (Lipinski definition) is 6. The van der Waals surface area contributed by atoms with Crippen molar-refractivity contribution in [2.45, 2.75) is 13.2 Å². The van der Waals surface area contributed by atoms with Crippen LogP contribution in [0.3, 0.4) is 0 Å². The third-order valence-corrected chi connectivity index (χ3v) is 4.83. The van der Waals surface area contributed by atoms with Crippen molar-refractivity contribution >= 4 is 23.3 Å². The molecule has 0 saturated heterocycles. The SMILES string of the molecule is C=CCn1c(N/N=C/c2ccc(OCc3ccccc3)cc2)nc2c1c(=O)[nH]c(=O)n2C. The highest BCUT2D eigenvalue weighted by Crippen LogP contribution is 2.16. The van der Waals surface area contributed by atoms with Gasteiger partial charge < -0.3 is 4.74 Å². The molecule has 0 aliphatic rings. The van der Waals surface area contributed by atoms with Crippen LogP contribution < -0.4 is 21.4 Å². The van der Waals surface area contributed by atoms with Gasteiger partial charge in [-0.1, -0.05) is 36.4 Å². The Bertz CT molecular complexity index is 1380. The Labute approximate surface area is 183 Å². The summed E-state index contributed by atoms with van der Waals surface area (Å²) in [7, 11) is 1.54. The molecule has 0 radical (unpaired) electrons. The predicted molar refractivity (Wildman–Crippen MR) is 124 cm³/mol. The number of H-pyrrole nitrogens is 1. The van der Waals surface area contributed by atoms with Gasteiger partial charge in [-0.05, 0) is 35.4 Å². The molecule has 0 amide bonds. The Morgan fingerprint density at radius 1 is 1.16 bits per heavy atom. The molecule has 0 fully saturated rings. The molecule has 32 heavy (non-hydrogen) atoms. The fraction of sp³-hybridized carbons (Fsp3) is 0.130. The van der Waals surface area contributed by atoms with Crippen LogP contribution in [0.2, 0.25) is 0 Å². The molecule has 2 N–H and O–H groups in total. The minimum Gasteiger partial charge on any atom is -0.489 e. The Kier molecular flexibility index (Phi) is 5.98. The molecule has 4 rings (SSSR count). The number of anilines is 1. The van der Waals surface area contributed by atoms with Crippen molar-refractivity contribution in [1.29, 1.82) is 0 Å². The first-order valence-electron chi connectivity index (χ1n) is 9.93. The molecule has 0 unspecified atom stereocenters. The van der Waals surface area contributed by atoms with Gasteiger partial charge >= 0.3 is 5.69 Å². The molecular formula is C23H22N6O3. The second kappa shape index (κ2) is 9.17. The van der Waals surface area contributed by atoms with E-state index in [1.165, 1.54) is 4.57 Å². The first-order valence-corrected chi connectivity index (χ1v) is 9.93. The molecule has 2 aromatic heterocycles. The molecular weight excluding hydrogens is 408 g/mol. The van der Waals surface area contributed by atoms with Crippen LogP contribution in [-0.2, 0) is 20.2 Å². The van der Waals surface area contributed by atoms with E-state index in [1.807, 2.05) is 54.6 Å². The maximum atomic E-state index is 12.3. The molecule has 2 aromatic carbocycles. The van der Waals surface area contributed by atoms with E-state index in [0.29, 0.717) is 19.1 Å². The number of nitrogens with one attached hydrogen (secondary N) is 2. The number of nitrogens with zero attached hydrogens (tertiary/aromatic N) is 4. The van der Waals surface area contributed by atoms with Crippen LogP contribution in [0.5, 0.6) is 5.75 Å². The number of aromatic amines is 1. The Balaban J connectivity index is 1.49. The predicted octanol–water partition coefficient (Wildman–Crippen LogP) is 2.63. The molecule has 2 heterocycles. The summed E-state index contributed by atoms with van der Waals surface area (Å²) in [5, 5.41) is 4.22. The molecule has 0 aliphatic carbocycles. The highest BCUT2D eigenvalue weighted by atomic mass is 16.5. The van der Waals surface area contributed by atoms with Crippen LogP contribution in [0.15, 0.2) is 81.9 Å². The zero-order valence-corrected chi connectivity index (χ0v) is 17.5. The quantitative estimate of drug-likeness (QED) is 0.254. The number of hydrazone groups is 1. The van der Waals surface area contributed by atoms with Gasteiger partial charge in [0, 0.05) is 13.6 Å². The third-order valence-electron chi connectivity index (χ3n) is 4.83. The van der Waals surface area contributed by atoms with E-state index in [-0.39, 0.29) is 11.2 Å². The molecule has 0 saturated carbocycles. The lowest BCUT2D eigenvalue weighted by Crippen LogP contribution is -2.29. The number of aryl methyl sites for hydroxylation is 1. The van der Waals surface area contributed by atoms with Crippen molar-refractivity contribution in [1.82, 2.24) is 19.1 Å². The normalized spacial score (nSPS) is 11.2. The van der Waals surface area contributed by atoms with Gasteiger partial charge in [0.1, 0.15) is 12.4 Å². The average Bonchev–Trinajstić information content (AvgIpc) is 3.17. The Hall–Kier alpha value is -4.40. The maximum Gasteiger partial charge on any atom is 0.329 e. The van der Waals surface area contributed by atoms with Crippen LogP contribution in [0, 0.1) is 0 Å². The first-order chi connectivity index (χ1) is 15.6. The molecule has 4 aromatic rings. The van der Waals surface area contributed by atoms with Gasteiger partial charge in [0.15, 0.2) is 11.2 Å². The Morgan fingerprint density at radius 3 is 2.62 bits per heavy atom. The van der Waals surface area contributed by atoms with E-state index in [2.05, 4.69) is 27.1 Å². The van der Waals surface area contributed by atoms with Crippen LogP contribution in [0.4, 0.5) is 5.95 Å². The van der Waals surface area contributed by atoms with Crippen LogP contribution in [0.1, 0.15) is 11.1 Å². The molecule has 0 spiro atoms. The summed E-state index contributed by atoms with van der Waals surface area (Å²) < 4.78 is 8.67. The van der Waals surface area contributed by atoms with E-state index in [0.717, 1.165) is 16.9 Å². The second-order valence-corrected chi connectivity index (χ2v) is 7.04. The summed E-state index contributed by atoms with van der Waals surface area (Å²) in [6.07, 6.45) is 3.26. The van der Waals surface area contributed by atoms with Gasteiger partial charge in [-0.15, -0.1) is 6.58 Å². The highest BCUT2D eigenvalue weighted by molar-refractivity contribution is 5.80. The molecule has 0 aliphatic heterocycles. The fourth-order valence-electron chi connectivity index (χ4n) is 3.18. The molecule has 0 atom stereocenters. The highest BCUT2D eigenvalue weighted by Gasteiger charge is 2.16. The lowest BCUT2D eigenvalue weighted by atomic mass is 10.2. The van der Waals surface area contributed by atoms with E-state index in [9.17, 15) is 9.59 Å². The van der Waals surface area contributed by atoms with Gasteiger partial charge in [-0.25, -0.2) is 10.2 Å². The lowest BCUT2D eigenvalue weighted by Gasteiger charge is -2.06. The minimum absolute atomic E-state index is 0.262. The lowest BCUT2D eigenvalue weighted by molar-refractivity contribution is 0.306. The van der Waals surface area contributed by atoms with Crippen molar-refractivity contribution in [3.63, 3.8) is 0 Å². The van der Waals surface area contributed by atoms with Crippen LogP contribution in [0.25, 0.3) is 11.2 Å². The fourth-order valence-corrected chi connectivity index (χ4v) is 3.18. The summed E-state index contributed by atoms with van der Waals surface area (Å²) in [6, 6.07) is 17.4. The maximum absolute atomic E-state index is 12.3. The topological polar surface area (TPSA) is 106 Å². The number of aromatic nitrogens is 4. The number of ether oxygens (including phenoxy) is 1. The van der Waals surface area contributed by atoms with Gasteiger partial charge in [-0.3, -0.25) is 18.9 Å². The van der Waals surface area contributed by atoms with Gasteiger partial charge in [-0.2, -0.15) is 10.1 Å². The molecule has 9 nitrogen and oxygen atoms in total. The molecule has 162 valence electrons. The monoisotopic (exact) mass is 430 g/mol. The van der Waals surface area contributed by atoms with Gasteiger partial charge in [0.2, 0.25) is 5.95 Å². The number of rotatable bonds is 8. The second-order valence-electron chi connectivity index (χ2n) is 7.04. The number of hydrogen-bond donors (Lipinski definition) is 2. The first kappa shape index (κ1) is 20.9. The Morgan fingerprint density at radius 2 is 1.91 bits per heavy atom. The van der Waals surface area contributed by atoms with E-state index >= 15 is 0 Å². The number of imidazole rings is 1. The zero-order chi connectivity index (χ0) is 22.5. The zero-order valence-electron chi connectivity index (χ0n) is 17.5. The molecule has 9 heteroatoms. The van der Waals surface area contributed by atoms with E-state index in [1.54, 1.807) is 23.9 Å². The summed E-state index contributed by atoms with van der Waals surface area (Å²) in [5.41, 5.74) is 4.28. The van der Waals surface area contributed by atoms with Crippen molar-refractivity contribution < 1.29 is 4.74 Å². The summed E-state index contributed by atoms with van der Waals surface area (Å²) in [6.45, 7) is 4.54. The number of allylic oxidation sites excluding steroid dienone is 1. The standard InChI is InChI=1S/C23H22N6O3/c1-3-13-29-19-20(28(2)23(31)26-21(19)30)25-22(29)27-24-14-16-9-11-18(12-10-16)32-15-17-7-5-4-6-8-17/h3-12,14H,1,13,15H2,2H3,(H,25,27)(H,26,30,31)/b24-14+. The van der Waals surface area contributed by atoms with Gasteiger partial charge in [0.05, 0.1) is 6.21 Å². The molecule has 0 bridgehead atoms. The van der Waals surface area contributed by atoms with E-state index in [4.69, 9.17) is 4.74 Å².